The van der Waals surface area contributed by atoms with Crippen molar-refractivity contribution in [3.63, 3.8) is 0 Å². The Morgan fingerprint density at radius 1 is 1.10 bits per heavy atom. The summed E-state index contributed by atoms with van der Waals surface area (Å²) < 4.78 is 27.4. The Labute approximate surface area is 183 Å². The second-order valence-electron chi connectivity index (χ2n) is 8.33. The molecule has 1 unspecified atom stereocenters. The van der Waals surface area contributed by atoms with Gasteiger partial charge in [0.15, 0.2) is 0 Å². The molecule has 2 aromatic carbocycles. The molecule has 0 N–H and O–H groups in total. The molecule has 0 saturated heterocycles. The zero-order chi connectivity index (χ0) is 22.3. The van der Waals surface area contributed by atoms with Crippen molar-refractivity contribution >= 4 is 27.5 Å². The molecule has 8 heteroatoms. The first-order valence-corrected chi connectivity index (χ1v) is 11.9. The molecule has 0 radical (unpaired) electrons. The SMILES string of the molecule is CC(=O)N1c2ccc(S(=O)(=O)N(C)CC(=O)N3CCc4ccccc4C3)cc2CC1C. The summed E-state index contributed by atoms with van der Waals surface area (Å²) in [5.74, 6) is -0.272. The normalized spacial score (nSPS) is 18.1. The van der Waals surface area contributed by atoms with E-state index in [4.69, 9.17) is 0 Å². The number of hydrogen-bond donors (Lipinski definition) is 0. The Bertz CT molecular complexity index is 1150. The number of likely N-dealkylation sites (N-methyl/N-ethyl adjacent to an activating group) is 1. The van der Waals surface area contributed by atoms with Crippen LogP contribution in [0.5, 0.6) is 0 Å². The van der Waals surface area contributed by atoms with Gasteiger partial charge in [0.05, 0.1) is 11.4 Å². The number of amides is 2. The molecule has 1 atom stereocenters. The number of hydrogen-bond acceptors (Lipinski definition) is 4. The summed E-state index contributed by atoms with van der Waals surface area (Å²) in [6.45, 7) is 4.32. The van der Waals surface area contributed by atoms with Gasteiger partial charge < -0.3 is 9.80 Å². The lowest BCUT2D eigenvalue weighted by Gasteiger charge is -2.30. The first-order chi connectivity index (χ1) is 14.7. The van der Waals surface area contributed by atoms with Crippen LogP contribution in [0.15, 0.2) is 47.4 Å². The van der Waals surface area contributed by atoms with E-state index >= 15 is 0 Å². The minimum atomic E-state index is -3.83. The third-order valence-corrected chi connectivity index (χ3v) is 7.95. The largest absolute Gasteiger partial charge is 0.337 e. The molecule has 0 bridgehead atoms. The highest BCUT2D eigenvalue weighted by Gasteiger charge is 2.32. The molecule has 0 spiro atoms. The van der Waals surface area contributed by atoms with E-state index in [2.05, 4.69) is 6.07 Å². The van der Waals surface area contributed by atoms with E-state index in [9.17, 15) is 18.0 Å². The summed E-state index contributed by atoms with van der Waals surface area (Å²) in [5.41, 5.74) is 3.93. The van der Waals surface area contributed by atoms with Crippen LogP contribution < -0.4 is 4.90 Å². The van der Waals surface area contributed by atoms with Crippen LogP contribution in [0.2, 0.25) is 0 Å². The summed E-state index contributed by atoms with van der Waals surface area (Å²) in [5, 5.41) is 0. The fourth-order valence-corrected chi connectivity index (χ4v) is 5.68. The van der Waals surface area contributed by atoms with Gasteiger partial charge in [-0.15, -0.1) is 0 Å². The van der Waals surface area contributed by atoms with Crippen LogP contribution in [-0.2, 0) is 39.0 Å². The quantitative estimate of drug-likeness (QED) is 0.729. The van der Waals surface area contributed by atoms with Crippen molar-refractivity contribution < 1.29 is 18.0 Å². The van der Waals surface area contributed by atoms with Gasteiger partial charge in [0.25, 0.3) is 0 Å². The predicted molar refractivity (Wildman–Crippen MR) is 118 cm³/mol. The molecule has 2 amide bonds. The molecule has 164 valence electrons. The van der Waals surface area contributed by atoms with Gasteiger partial charge in [0.2, 0.25) is 21.8 Å². The van der Waals surface area contributed by atoms with E-state index < -0.39 is 10.0 Å². The predicted octanol–water partition coefficient (Wildman–Crippen LogP) is 2.19. The Kier molecular flexibility index (Phi) is 5.61. The van der Waals surface area contributed by atoms with E-state index in [1.54, 1.807) is 21.9 Å². The van der Waals surface area contributed by atoms with Gasteiger partial charge >= 0.3 is 0 Å². The lowest BCUT2D eigenvalue weighted by Crippen LogP contribution is -2.43. The second kappa shape index (κ2) is 8.09. The maximum absolute atomic E-state index is 13.1. The lowest BCUT2D eigenvalue weighted by atomic mass is 10.00. The Morgan fingerprint density at radius 3 is 2.52 bits per heavy atom. The highest BCUT2D eigenvalue weighted by Crippen LogP contribution is 2.34. The molecule has 0 saturated carbocycles. The van der Waals surface area contributed by atoms with E-state index in [1.165, 1.54) is 25.6 Å². The van der Waals surface area contributed by atoms with Gasteiger partial charge in [-0.1, -0.05) is 24.3 Å². The first-order valence-electron chi connectivity index (χ1n) is 10.4. The molecule has 0 fully saturated rings. The third kappa shape index (κ3) is 3.97. The fourth-order valence-electron chi connectivity index (χ4n) is 4.51. The second-order valence-corrected chi connectivity index (χ2v) is 10.4. The average Bonchev–Trinajstić information content (AvgIpc) is 3.08. The zero-order valence-electron chi connectivity index (χ0n) is 18.0. The van der Waals surface area contributed by atoms with E-state index in [0.29, 0.717) is 19.5 Å². The van der Waals surface area contributed by atoms with Crippen molar-refractivity contribution in [2.45, 2.75) is 44.2 Å². The Hall–Kier alpha value is -2.71. The minimum absolute atomic E-state index is 0.00765. The molecule has 7 nitrogen and oxygen atoms in total. The zero-order valence-corrected chi connectivity index (χ0v) is 18.9. The van der Waals surface area contributed by atoms with Crippen LogP contribution in [0.3, 0.4) is 0 Å². The molecule has 0 aliphatic carbocycles. The Balaban J connectivity index is 1.49. The van der Waals surface area contributed by atoms with Crippen LogP contribution in [0.25, 0.3) is 0 Å². The van der Waals surface area contributed by atoms with Crippen molar-refractivity contribution in [1.29, 1.82) is 0 Å². The van der Waals surface area contributed by atoms with Crippen molar-refractivity contribution in [2.24, 2.45) is 0 Å². The number of fused-ring (bicyclic) bond motifs is 2. The van der Waals surface area contributed by atoms with Crippen molar-refractivity contribution in [2.75, 3.05) is 25.0 Å². The van der Waals surface area contributed by atoms with Gasteiger partial charge in [-0.2, -0.15) is 4.31 Å². The monoisotopic (exact) mass is 441 g/mol. The van der Waals surface area contributed by atoms with Gasteiger partial charge in [-0.05, 0) is 54.7 Å². The van der Waals surface area contributed by atoms with Crippen LogP contribution in [0.1, 0.15) is 30.5 Å². The number of rotatable bonds is 4. The van der Waals surface area contributed by atoms with Crippen LogP contribution >= 0.6 is 0 Å². The maximum atomic E-state index is 13.1. The summed E-state index contributed by atoms with van der Waals surface area (Å²) in [6, 6.07) is 12.8. The topological polar surface area (TPSA) is 78.0 Å². The van der Waals surface area contributed by atoms with E-state index in [0.717, 1.165) is 27.5 Å². The van der Waals surface area contributed by atoms with Crippen LogP contribution in [0.4, 0.5) is 5.69 Å². The van der Waals surface area contributed by atoms with Gasteiger partial charge in [-0.3, -0.25) is 9.59 Å². The van der Waals surface area contributed by atoms with Crippen LogP contribution in [0, 0.1) is 0 Å². The standard InChI is InChI=1S/C23H27N3O4S/c1-16-12-20-13-21(8-9-22(20)26(16)17(2)27)31(29,30)24(3)15-23(28)25-11-10-18-6-4-5-7-19(18)14-25/h4-9,13,16H,10-12,14-15H2,1-3H3. The molecular formula is C23H27N3O4S. The summed E-state index contributed by atoms with van der Waals surface area (Å²) >= 11 is 0. The fraction of sp³-hybridized carbons (Fsp3) is 0.391. The minimum Gasteiger partial charge on any atom is -0.337 e. The molecule has 2 heterocycles. The molecule has 31 heavy (non-hydrogen) atoms. The van der Waals surface area contributed by atoms with Gasteiger partial charge in [0, 0.05) is 38.8 Å². The number of nitrogens with zero attached hydrogens (tertiary/aromatic N) is 3. The lowest BCUT2D eigenvalue weighted by molar-refractivity contribution is -0.132. The van der Waals surface area contributed by atoms with E-state index in [1.807, 2.05) is 25.1 Å². The van der Waals surface area contributed by atoms with Gasteiger partial charge in [0.1, 0.15) is 0 Å². The summed E-state index contributed by atoms with van der Waals surface area (Å²) in [4.78, 5) is 28.3. The number of carbonyl (C=O) groups is 2. The number of carbonyl (C=O) groups excluding carboxylic acids is 2. The average molecular weight is 442 g/mol. The smallest absolute Gasteiger partial charge is 0.243 e. The highest BCUT2D eigenvalue weighted by atomic mass is 32.2. The summed E-state index contributed by atoms with van der Waals surface area (Å²) in [7, 11) is -2.39. The highest BCUT2D eigenvalue weighted by molar-refractivity contribution is 7.89. The maximum Gasteiger partial charge on any atom is 0.243 e. The van der Waals surface area contributed by atoms with E-state index in [-0.39, 0.29) is 29.3 Å². The molecule has 0 aromatic heterocycles. The molecule has 4 rings (SSSR count). The van der Waals surface area contributed by atoms with Crippen molar-refractivity contribution in [3.8, 4) is 0 Å². The number of benzene rings is 2. The third-order valence-electron chi connectivity index (χ3n) is 6.16. The van der Waals surface area contributed by atoms with Crippen LogP contribution in [-0.4, -0.2) is 55.6 Å². The van der Waals surface area contributed by atoms with Crippen molar-refractivity contribution in [1.82, 2.24) is 9.21 Å². The molecule has 2 aliphatic heterocycles. The van der Waals surface area contributed by atoms with Crippen molar-refractivity contribution in [3.05, 3.63) is 59.2 Å². The first kappa shape index (κ1) is 21.5. The molecule has 2 aliphatic rings. The summed E-state index contributed by atoms with van der Waals surface area (Å²) in [6.07, 6.45) is 1.38. The van der Waals surface area contributed by atoms with Gasteiger partial charge in [-0.25, -0.2) is 8.42 Å². The molecular weight excluding hydrogens is 414 g/mol. The number of sulfonamides is 1. The Morgan fingerprint density at radius 2 is 1.81 bits per heavy atom. The number of anilines is 1. The molecule has 2 aromatic rings.